The molecule has 0 fully saturated rings. The van der Waals surface area contributed by atoms with Gasteiger partial charge in [-0.2, -0.15) is 0 Å². The molecule has 0 saturated carbocycles. The van der Waals surface area contributed by atoms with Crippen LogP contribution >= 0.6 is 0 Å². The van der Waals surface area contributed by atoms with E-state index in [0.29, 0.717) is 5.56 Å². The van der Waals surface area contributed by atoms with Gasteiger partial charge in [0.2, 0.25) is 17.2 Å². The molecule has 70 heavy (non-hydrogen) atoms. The Morgan fingerprint density at radius 1 is 0.329 bits per heavy atom. The first kappa shape index (κ1) is 48.5. The Morgan fingerprint density at radius 3 is 1.07 bits per heavy atom. The minimum atomic E-state index is -1.02. The summed E-state index contributed by atoms with van der Waals surface area (Å²) in [6, 6.07) is 54.0. The number of phenolic OH excluding ortho intramolecular Hbond substituents is 9. The second-order valence-electron chi connectivity index (χ2n) is 16.0. The minimum Gasteiger partial charge on any atom is -0.504 e. The van der Waals surface area contributed by atoms with E-state index in [1.165, 1.54) is 6.92 Å². The summed E-state index contributed by atoms with van der Waals surface area (Å²) in [6.45, 7) is 11.9. The number of fused-ring (bicyclic) bond motifs is 1. The van der Waals surface area contributed by atoms with E-state index in [9.17, 15) is 46.0 Å². The molecule has 0 saturated heterocycles. The zero-order valence-electron chi connectivity index (χ0n) is 38.7. The van der Waals surface area contributed by atoms with Gasteiger partial charge in [-0.1, -0.05) is 115 Å². The van der Waals surface area contributed by atoms with Crippen LogP contribution in [-0.4, -0.2) is 46.0 Å². The summed E-state index contributed by atoms with van der Waals surface area (Å²) in [7, 11) is 0. The normalized spacial score (nSPS) is 10.6. The molecule has 0 unspecified atom stereocenters. The molecule has 0 bridgehead atoms. The fourth-order valence-electron chi connectivity index (χ4n) is 8.06. The van der Waals surface area contributed by atoms with Crippen molar-refractivity contribution in [1.82, 2.24) is 0 Å². The monoisotopic (exact) mass is 932 g/mol. The van der Waals surface area contributed by atoms with Gasteiger partial charge in [-0.15, -0.1) is 13.2 Å². The molecule has 11 heteroatoms. The van der Waals surface area contributed by atoms with E-state index in [1.54, 1.807) is 48.6 Å². The molecule has 0 atom stereocenters. The molecule has 0 radical (unpaired) electrons. The summed E-state index contributed by atoms with van der Waals surface area (Å²) in [6.07, 6.45) is 3.50. The van der Waals surface area contributed by atoms with Crippen LogP contribution in [-0.2, 0) is 0 Å². The molecular weight excluding hydrogens is 881 g/mol. The minimum absolute atomic E-state index is 0.0272. The summed E-state index contributed by atoms with van der Waals surface area (Å²) >= 11 is 0. The Balaban J connectivity index is 0.00000115. The van der Waals surface area contributed by atoms with Gasteiger partial charge in [0.1, 0.15) is 0 Å². The third-order valence-corrected chi connectivity index (χ3v) is 11.4. The van der Waals surface area contributed by atoms with E-state index < -0.39 is 51.7 Å². The Bertz CT molecular complexity index is 3230. The lowest BCUT2D eigenvalue weighted by Crippen LogP contribution is -2.10. The molecule has 9 rings (SSSR count). The first-order valence-corrected chi connectivity index (χ1v) is 22.1. The van der Waals surface area contributed by atoms with Crippen molar-refractivity contribution in [1.29, 1.82) is 0 Å². The standard InChI is InChI=1S/C53H40N2O9.2C3H6/c1-30-45(56)47(58)43(48(59)46(30)57)34-18-26-38(27-19-34)54(36-10-3-2-4-11-36)37-22-14-31(15-23-37)32-16-24-39(25-17-32)55(42-13-7-9-33-8-5-6-12-41(33)42)40-28-20-35(21-29-40)44-49(60)51(62)53(64)52(63)50(44)61;2*1-3-2/h2-29,56-64H,1H3;2*3H,1H2,2H3. The van der Waals surface area contributed by atoms with E-state index >= 15 is 0 Å². The van der Waals surface area contributed by atoms with Gasteiger partial charge in [-0.3, -0.25) is 0 Å². The highest BCUT2D eigenvalue weighted by Crippen LogP contribution is 2.55. The van der Waals surface area contributed by atoms with Crippen LogP contribution in [0.25, 0.3) is 44.2 Å². The van der Waals surface area contributed by atoms with Crippen LogP contribution in [0.3, 0.4) is 0 Å². The average Bonchev–Trinajstić information content (AvgIpc) is 3.39. The van der Waals surface area contributed by atoms with Gasteiger partial charge in [0.25, 0.3) is 0 Å². The number of nitrogens with zero attached hydrogens (tertiary/aromatic N) is 2. The maximum Gasteiger partial charge on any atom is 0.208 e. The molecule has 9 N–H and O–H groups in total. The van der Waals surface area contributed by atoms with E-state index in [4.69, 9.17) is 0 Å². The highest BCUT2D eigenvalue weighted by atomic mass is 16.4. The van der Waals surface area contributed by atoms with Crippen LogP contribution in [0.2, 0.25) is 0 Å². The van der Waals surface area contributed by atoms with Crippen LogP contribution in [0.15, 0.2) is 195 Å². The summed E-state index contributed by atoms with van der Waals surface area (Å²) in [4.78, 5) is 4.14. The molecule has 0 aliphatic carbocycles. The SMILES string of the molecule is C=CC.C=CC.Cc1c(O)c(O)c(-c2ccc(N(c3ccccc3)c3ccc(-c4ccc(N(c5ccc(-c6c(O)c(O)c(O)c(O)c6O)cc5)c5cccc6ccccc56)cc4)cc3)cc2)c(O)c1O. The van der Waals surface area contributed by atoms with E-state index in [1.807, 2.05) is 147 Å². The summed E-state index contributed by atoms with van der Waals surface area (Å²) in [5.74, 6) is -6.54. The quantitative estimate of drug-likeness (QED) is 0.0381. The number of rotatable bonds is 9. The molecule has 11 nitrogen and oxygen atoms in total. The number of para-hydroxylation sites is 1. The molecule has 0 aromatic heterocycles. The number of allylic oxidation sites excluding steroid dienone is 2. The number of anilines is 6. The lowest BCUT2D eigenvalue weighted by Gasteiger charge is -2.27. The van der Waals surface area contributed by atoms with Crippen molar-refractivity contribution < 1.29 is 46.0 Å². The third kappa shape index (κ3) is 9.40. The molecular formula is C59H52N2O9. The molecule has 0 heterocycles. The number of hydrogen-bond acceptors (Lipinski definition) is 11. The van der Waals surface area contributed by atoms with E-state index in [2.05, 4.69) is 23.0 Å². The second-order valence-corrected chi connectivity index (χ2v) is 16.0. The topological polar surface area (TPSA) is 189 Å². The van der Waals surface area contributed by atoms with Crippen LogP contribution in [0.4, 0.5) is 34.1 Å². The fourth-order valence-corrected chi connectivity index (χ4v) is 8.06. The number of phenols is 9. The highest BCUT2D eigenvalue weighted by Gasteiger charge is 2.26. The largest absolute Gasteiger partial charge is 0.504 e. The predicted octanol–water partition coefficient (Wildman–Crippen LogP) is 14.8. The summed E-state index contributed by atoms with van der Waals surface area (Å²) in [5.41, 5.74) is 7.26. The number of hydrogen-bond donors (Lipinski definition) is 9. The zero-order valence-corrected chi connectivity index (χ0v) is 38.7. The summed E-state index contributed by atoms with van der Waals surface area (Å²) < 4.78 is 0. The van der Waals surface area contributed by atoms with Crippen molar-refractivity contribution >= 4 is 44.9 Å². The van der Waals surface area contributed by atoms with Gasteiger partial charge in [-0.25, -0.2) is 0 Å². The van der Waals surface area contributed by atoms with Crippen molar-refractivity contribution in [3.63, 3.8) is 0 Å². The van der Waals surface area contributed by atoms with Crippen LogP contribution < -0.4 is 9.80 Å². The third-order valence-electron chi connectivity index (χ3n) is 11.4. The highest BCUT2D eigenvalue weighted by molar-refractivity contribution is 5.99. The Hall–Kier alpha value is -9.48. The Labute approximate surface area is 405 Å². The van der Waals surface area contributed by atoms with Crippen molar-refractivity contribution in [2.45, 2.75) is 20.8 Å². The van der Waals surface area contributed by atoms with E-state index in [0.717, 1.165) is 56.0 Å². The molecule has 0 aliphatic rings. The smallest absolute Gasteiger partial charge is 0.208 e. The fraction of sp³-hybridized carbons (Fsp3) is 0.0508. The van der Waals surface area contributed by atoms with Crippen LogP contribution in [0.1, 0.15) is 19.4 Å². The number of aromatic hydroxyl groups is 9. The Morgan fingerprint density at radius 2 is 0.643 bits per heavy atom. The van der Waals surface area contributed by atoms with E-state index in [-0.39, 0.29) is 22.3 Å². The van der Waals surface area contributed by atoms with Crippen molar-refractivity contribution in [2.75, 3.05) is 9.80 Å². The molecule has 9 aromatic rings. The lowest BCUT2D eigenvalue weighted by molar-refractivity contribution is 0.330. The first-order chi connectivity index (χ1) is 33.8. The first-order valence-electron chi connectivity index (χ1n) is 22.1. The van der Waals surface area contributed by atoms with Crippen molar-refractivity contribution in [3.8, 4) is 85.1 Å². The van der Waals surface area contributed by atoms with Gasteiger partial charge in [0, 0.05) is 39.4 Å². The molecule has 9 aromatic carbocycles. The molecule has 0 aliphatic heterocycles. The van der Waals surface area contributed by atoms with Crippen molar-refractivity contribution in [2.24, 2.45) is 0 Å². The Kier molecular flexibility index (Phi) is 14.5. The van der Waals surface area contributed by atoms with Gasteiger partial charge in [0.05, 0.1) is 16.8 Å². The van der Waals surface area contributed by atoms with Gasteiger partial charge in [-0.05, 0) is 115 Å². The van der Waals surface area contributed by atoms with Crippen molar-refractivity contribution in [3.05, 3.63) is 201 Å². The summed E-state index contributed by atoms with van der Waals surface area (Å²) in [5, 5.41) is 95.7. The maximum absolute atomic E-state index is 10.7. The number of benzene rings is 9. The molecule has 352 valence electrons. The molecule has 0 spiro atoms. The van der Waals surface area contributed by atoms with Gasteiger partial charge < -0.3 is 55.8 Å². The van der Waals surface area contributed by atoms with Gasteiger partial charge >= 0.3 is 0 Å². The second kappa shape index (κ2) is 21.0. The van der Waals surface area contributed by atoms with Crippen LogP contribution in [0, 0.1) is 6.92 Å². The van der Waals surface area contributed by atoms with Crippen LogP contribution in [0.5, 0.6) is 51.7 Å². The predicted molar refractivity (Wildman–Crippen MR) is 281 cm³/mol. The van der Waals surface area contributed by atoms with Gasteiger partial charge in [0.15, 0.2) is 34.5 Å². The zero-order chi connectivity index (χ0) is 50.2. The maximum atomic E-state index is 10.7. The lowest BCUT2D eigenvalue weighted by atomic mass is 9.99. The average molecular weight is 933 g/mol. The molecule has 0 amide bonds.